The van der Waals surface area contributed by atoms with E-state index < -0.39 is 10.0 Å². The van der Waals surface area contributed by atoms with Gasteiger partial charge in [-0.1, -0.05) is 48.0 Å². The van der Waals surface area contributed by atoms with Crippen molar-refractivity contribution in [1.29, 1.82) is 0 Å². The molecule has 1 heteroatoms. The second-order valence-corrected chi connectivity index (χ2v) is 8.19. The van der Waals surface area contributed by atoms with Gasteiger partial charge in [-0.05, 0) is 41.0 Å². The molecule has 0 saturated carbocycles. The molecule has 2 aromatic rings. The Morgan fingerprint density at radius 1 is 0.722 bits per heavy atom. The topological polar surface area (TPSA) is 0 Å². The summed E-state index contributed by atoms with van der Waals surface area (Å²) in [6, 6.07) is 20.2. The van der Waals surface area contributed by atoms with E-state index in [2.05, 4.69) is 73.7 Å². The standard InChI is InChI=1S/C17H18S/c1-15-9-11-17(12-10-15)18(13-5-6-14-18)16-7-3-2-4-8-16/h2-12H,13-14H2,1H3. The summed E-state index contributed by atoms with van der Waals surface area (Å²) in [7, 11) is -0.846. The van der Waals surface area contributed by atoms with Crippen molar-refractivity contribution in [3.8, 4) is 0 Å². The van der Waals surface area contributed by atoms with Gasteiger partial charge in [-0.25, -0.2) is 0 Å². The molecule has 1 heterocycles. The van der Waals surface area contributed by atoms with Gasteiger partial charge < -0.3 is 0 Å². The molecular formula is C17H18S. The highest BCUT2D eigenvalue weighted by molar-refractivity contribution is 8.34. The fraction of sp³-hybridized carbons (Fsp3) is 0.176. The Labute approximate surface area is 111 Å². The van der Waals surface area contributed by atoms with Crippen molar-refractivity contribution in [3.05, 3.63) is 72.3 Å². The molecule has 92 valence electrons. The first-order valence-corrected chi connectivity index (χ1v) is 8.34. The monoisotopic (exact) mass is 254 g/mol. The number of benzene rings is 2. The summed E-state index contributed by atoms with van der Waals surface area (Å²) >= 11 is 0. The van der Waals surface area contributed by atoms with Gasteiger partial charge in [-0.15, -0.1) is 0 Å². The first kappa shape index (κ1) is 11.6. The van der Waals surface area contributed by atoms with Crippen molar-refractivity contribution in [1.82, 2.24) is 0 Å². The fourth-order valence-electron chi connectivity index (χ4n) is 2.53. The van der Waals surface area contributed by atoms with Crippen LogP contribution >= 0.6 is 10.0 Å². The van der Waals surface area contributed by atoms with Gasteiger partial charge in [0.25, 0.3) is 0 Å². The molecule has 1 aliphatic heterocycles. The van der Waals surface area contributed by atoms with Gasteiger partial charge in [0.2, 0.25) is 0 Å². The predicted octanol–water partition coefficient (Wildman–Crippen LogP) is 4.79. The molecule has 18 heavy (non-hydrogen) atoms. The Kier molecular flexibility index (Phi) is 3.00. The second kappa shape index (κ2) is 4.66. The normalized spacial score (nSPS) is 18.7. The lowest BCUT2D eigenvalue weighted by atomic mass is 10.2. The quantitative estimate of drug-likeness (QED) is 0.676. The highest BCUT2D eigenvalue weighted by Gasteiger charge is 2.28. The van der Waals surface area contributed by atoms with Gasteiger partial charge in [-0.2, -0.15) is 10.0 Å². The number of aryl methyl sites for hydroxylation is 1. The molecule has 0 atom stereocenters. The smallest absolute Gasteiger partial charge is 0.00352 e. The zero-order valence-electron chi connectivity index (χ0n) is 10.7. The second-order valence-electron chi connectivity index (χ2n) is 4.81. The van der Waals surface area contributed by atoms with Gasteiger partial charge in [0.05, 0.1) is 0 Å². The molecule has 0 fully saturated rings. The molecular weight excluding hydrogens is 236 g/mol. The van der Waals surface area contributed by atoms with Gasteiger partial charge in [0.1, 0.15) is 0 Å². The molecule has 0 N–H and O–H groups in total. The van der Waals surface area contributed by atoms with Crippen LogP contribution in [0.4, 0.5) is 0 Å². The predicted molar refractivity (Wildman–Crippen MR) is 80.6 cm³/mol. The molecule has 0 saturated heterocycles. The van der Waals surface area contributed by atoms with Gasteiger partial charge in [-0.3, -0.25) is 0 Å². The SMILES string of the molecule is Cc1ccc(S2(c3ccccc3)CC=CC2)cc1. The molecule has 0 radical (unpaired) electrons. The molecule has 0 aliphatic carbocycles. The summed E-state index contributed by atoms with van der Waals surface area (Å²) in [5, 5.41) is 0. The van der Waals surface area contributed by atoms with Crippen LogP contribution in [0.1, 0.15) is 5.56 Å². The van der Waals surface area contributed by atoms with Crippen LogP contribution in [-0.4, -0.2) is 11.5 Å². The summed E-state index contributed by atoms with van der Waals surface area (Å²) in [6.45, 7) is 2.15. The minimum absolute atomic E-state index is 0.846. The fourth-order valence-corrected chi connectivity index (χ4v) is 5.98. The van der Waals surface area contributed by atoms with E-state index in [1.165, 1.54) is 26.9 Å². The lowest BCUT2D eigenvalue weighted by Gasteiger charge is -2.36. The van der Waals surface area contributed by atoms with E-state index in [9.17, 15) is 0 Å². The van der Waals surface area contributed by atoms with E-state index in [4.69, 9.17) is 0 Å². The lowest BCUT2D eigenvalue weighted by Crippen LogP contribution is -2.04. The minimum atomic E-state index is -0.846. The van der Waals surface area contributed by atoms with Crippen molar-refractivity contribution >= 4 is 10.0 Å². The van der Waals surface area contributed by atoms with Gasteiger partial charge in [0.15, 0.2) is 0 Å². The Balaban J connectivity index is 2.10. The Bertz CT molecular complexity index is 544. The molecule has 3 rings (SSSR count). The highest BCUT2D eigenvalue weighted by atomic mass is 32.3. The third kappa shape index (κ3) is 1.89. The maximum absolute atomic E-state index is 2.35. The maximum atomic E-state index is 2.35. The van der Waals surface area contributed by atoms with Crippen LogP contribution in [0.3, 0.4) is 0 Å². The molecule has 0 amide bonds. The molecule has 0 bridgehead atoms. The van der Waals surface area contributed by atoms with Crippen molar-refractivity contribution in [2.45, 2.75) is 16.7 Å². The van der Waals surface area contributed by atoms with Crippen LogP contribution < -0.4 is 0 Å². The van der Waals surface area contributed by atoms with Crippen LogP contribution in [0.15, 0.2) is 76.5 Å². The molecule has 1 aliphatic rings. The largest absolute Gasteiger partial charge is 0.181 e. The average Bonchev–Trinajstić information content (AvgIpc) is 2.91. The number of rotatable bonds is 2. The van der Waals surface area contributed by atoms with E-state index in [-0.39, 0.29) is 0 Å². The molecule has 0 unspecified atom stereocenters. The third-order valence-corrected chi connectivity index (χ3v) is 7.47. The Morgan fingerprint density at radius 2 is 1.28 bits per heavy atom. The first-order chi connectivity index (χ1) is 8.81. The van der Waals surface area contributed by atoms with E-state index in [1.54, 1.807) is 0 Å². The van der Waals surface area contributed by atoms with E-state index in [0.29, 0.717) is 0 Å². The zero-order valence-corrected chi connectivity index (χ0v) is 11.5. The van der Waals surface area contributed by atoms with Gasteiger partial charge in [0, 0.05) is 11.5 Å². The van der Waals surface area contributed by atoms with Crippen LogP contribution in [0.2, 0.25) is 0 Å². The summed E-state index contributed by atoms with van der Waals surface area (Å²) in [4.78, 5) is 3.03. The Hall–Kier alpha value is -1.47. The highest BCUT2D eigenvalue weighted by Crippen LogP contribution is 2.64. The Morgan fingerprint density at radius 3 is 1.89 bits per heavy atom. The summed E-state index contributed by atoms with van der Waals surface area (Å²) in [6.07, 6.45) is 4.70. The van der Waals surface area contributed by atoms with Crippen LogP contribution in [-0.2, 0) is 0 Å². The third-order valence-electron chi connectivity index (χ3n) is 3.59. The molecule has 0 nitrogen and oxygen atoms in total. The van der Waals surface area contributed by atoms with E-state index in [0.717, 1.165) is 0 Å². The van der Waals surface area contributed by atoms with Crippen molar-refractivity contribution in [2.24, 2.45) is 0 Å². The first-order valence-electron chi connectivity index (χ1n) is 6.37. The van der Waals surface area contributed by atoms with Crippen LogP contribution in [0, 0.1) is 6.92 Å². The van der Waals surface area contributed by atoms with Crippen molar-refractivity contribution < 1.29 is 0 Å². The molecule has 0 spiro atoms. The van der Waals surface area contributed by atoms with E-state index >= 15 is 0 Å². The maximum Gasteiger partial charge on any atom is 0.00352 e. The number of hydrogen-bond acceptors (Lipinski definition) is 0. The summed E-state index contributed by atoms with van der Waals surface area (Å²) in [5.74, 6) is 2.39. The molecule has 0 aromatic heterocycles. The van der Waals surface area contributed by atoms with Crippen molar-refractivity contribution in [3.63, 3.8) is 0 Å². The van der Waals surface area contributed by atoms with Crippen LogP contribution in [0.5, 0.6) is 0 Å². The minimum Gasteiger partial charge on any atom is -0.181 e. The van der Waals surface area contributed by atoms with E-state index in [1.807, 2.05) is 0 Å². The summed E-state index contributed by atoms with van der Waals surface area (Å²) < 4.78 is 0. The number of hydrogen-bond donors (Lipinski definition) is 0. The van der Waals surface area contributed by atoms with Crippen LogP contribution in [0.25, 0.3) is 0 Å². The summed E-state index contributed by atoms with van der Waals surface area (Å²) in [5.41, 5.74) is 1.34. The zero-order chi connectivity index (χ0) is 12.4. The lowest BCUT2D eigenvalue weighted by molar-refractivity contribution is 1.31. The van der Waals surface area contributed by atoms with Gasteiger partial charge >= 0.3 is 0 Å². The molecule has 2 aromatic carbocycles. The average molecular weight is 254 g/mol. The van der Waals surface area contributed by atoms with Crippen molar-refractivity contribution in [2.75, 3.05) is 11.5 Å².